The number of hydrogen-bond acceptors (Lipinski definition) is 2. The molecule has 0 amide bonds. The maximum absolute atomic E-state index is 4.25. The van der Waals surface area contributed by atoms with Gasteiger partial charge in [0.1, 0.15) is 0 Å². The Morgan fingerprint density at radius 2 is 1.85 bits per heavy atom. The van der Waals surface area contributed by atoms with Gasteiger partial charge in [-0.25, -0.2) is 0 Å². The van der Waals surface area contributed by atoms with Gasteiger partial charge in [0, 0.05) is 17.7 Å². The van der Waals surface area contributed by atoms with Gasteiger partial charge in [0.05, 0.1) is 11.0 Å². The molecule has 13 heavy (non-hydrogen) atoms. The standard InChI is InChI=1S/C10H9BrN2/c11-4-3-8-1-2-9-10(7-8)13-6-5-12-9/h1-2,5-7H,3-4H2. The maximum atomic E-state index is 4.25. The van der Waals surface area contributed by atoms with Crippen molar-refractivity contribution in [3.8, 4) is 0 Å². The number of benzene rings is 1. The van der Waals surface area contributed by atoms with E-state index >= 15 is 0 Å². The van der Waals surface area contributed by atoms with Crippen molar-refractivity contribution in [1.82, 2.24) is 9.97 Å². The second-order valence-corrected chi connectivity index (χ2v) is 3.61. The lowest BCUT2D eigenvalue weighted by atomic mass is 10.1. The summed E-state index contributed by atoms with van der Waals surface area (Å²) in [6.07, 6.45) is 4.47. The normalized spacial score (nSPS) is 10.5. The molecule has 66 valence electrons. The van der Waals surface area contributed by atoms with Crippen LogP contribution in [0, 0.1) is 0 Å². The average molecular weight is 237 g/mol. The Hall–Kier alpha value is -0.960. The van der Waals surface area contributed by atoms with E-state index in [0.717, 1.165) is 22.8 Å². The van der Waals surface area contributed by atoms with E-state index in [-0.39, 0.29) is 0 Å². The van der Waals surface area contributed by atoms with Crippen molar-refractivity contribution in [2.45, 2.75) is 6.42 Å². The molecule has 0 aliphatic heterocycles. The van der Waals surface area contributed by atoms with Gasteiger partial charge in [0.15, 0.2) is 0 Å². The summed E-state index contributed by atoms with van der Waals surface area (Å²) < 4.78 is 0. The molecule has 0 spiro atoms. The van der Waals surface area contributed by atoms with Crippen molar-refractivity contribution < 1.29 is 0 Å². The lowest BCUT2D eigenvalue weighted by molar-refractivity contribution is 1.16. The second kappa shape index (κ2) is 3.83. The molecular weight excluding hydrogens is 228 g/mol. The summed E-state index contributed by atoms with van der Waals surface area (Å²) in [7, 11) is 0. The summed E-state index contributed by atoms with van der Waals surface area (Å²) >= 11 is 3.41. The van der Waals surface area contributed by atoms with Crippen molar-refractivity contribution in [2.24, 2.45) is 0 Å². The van der Waals surface area contributed by atoms with Crippen LogP contribution in [0.5, 0.6) is 0 Å². The topological polar surface area (TPSA) is 25.8 Å². The van der Waals surface area contributed by atoms with Gasteiger partial charge in [-0.1, -0.05) is 22.0 Å². The molecule has 0 atom stereocenters. The van der Waals surface area contributed by atoms with Gasteiger partial charge >= 0.3 is 0 Å². The number of nitrogens with zero attached hydrogens (tertiary/aromatic N) is 2. The van der Waals surface area contributed by atoms with Crippen LogP contribution in [0.4, 0.5) is 0 Å². The molecule has 0 saturated carbocycles. The molecule has 2 rings (SSSR count). The molecule has 1 aromatic heterocycles. The van der Waals surface area contributed by atoms with Gasteiger partial charge in [-0.15, -0.1) is 0 Å². The first-order chi connectivity index (χ1) is 6.40. The van der Waals surface area contributed by atoms with Crippen molar-refractivity contribution in [1.29, 1.82) is 0 Å². The number of rotatable bonds is 2. The Morgan fingerprint density at radius 1 is 1.08 bits per heavy atom. The molecular formula is C10H9BrN2. The molecule has 0 saturated heterocycles. The third kappa shape index (κ3) is 1.86. The van der Waals surface area contributed by atoms with Gasteiger partial charge in [0.2, 0.25) is 0 Å². The summed E-state index contributed by atoms with van der Waals surface area (Å²) in [6.45, 7) is 0. The maximum Gasteiger partial charge on any atom is 0.0889 e. The van der Waals surface area contributed by atoms with E-state index < -0.39 is 0 Å². The predicted octanol–water partition coefficient (Wildman–Crippen LogP) is 2.57. The largest absolute Gasteiger partial charge is 0.253 e. The summed E-state index contributed by atoms with van der Waals surface area (Å²) in [5.74, 6) is 0. The zero-order chi connectivity index (χ0) is 9.10. The summed E-state index contributed by atoms with van der Waals surface area (Å²) in [5.41, 5.74) is 3.23. The van der Waals surface area contributed by atoms with E-state index in [2.05, 4.69) is 38.0 Å². The van der Waals surface area contributed by atoms with Crippen LogP contribution in [0.15, 0.2) is 30.6 Å². The van der Waals surface area contributed by atoms with Crippen molar-refractivity contribution in [3.05, 3.63) is 36.2 Å². The van der Waals surface area contributed by atoms with Crippen LogP contribution in [0.1, 0.15) is 5.56 Å². The molecule has 0 aliphatic carbocycles. The first-order valence-electron chi connectivity index (χ1n) is 4.16. The average Bonchev–Trinajstić information content (AvgIpc) is 2.18. The van der Waals surface area contributed by atoms with Crippen LogP contribution < -0.4 is 0 Å². The van der Waals surface area contributed by atoms with E-state index in [1.807, 2.05) is 6.07 Å². The highest BCUT2D eigenvalue weighted by Gasteiger charge is 1.96. The number of aryl methyl sites for hydroxylation is 1. The lowest BCUT2D eigenvalue weighted by Gasteiger charge is -1.99. The highest BCUT2D eigenvalue weighted by molar-refractivity contribution is 9.09. The first kappa shape index (κ1) is 8.63. The molecule has 0 radical (unpaired) electrons. The van der Waals surface area contributed by atoms with Crippen LogP contribution in [0.2, 0.25) is 0 Å². The number of fused-ring (bicyclic) bond motifs is 1. The highest BCUT2D eigenvalue weighted by atomic mass is 79.9. The van der Waals surface area contributed by atoms with Crippen LogP contribution in [0.3, 0.4) is 0 Å². The number of alkyl halides is 1. The fourth-order valence-electron chi connectivity index (χ4n) is 1.27. The number of hydrogen-bond donors (Lipinski definition) is 0. The summed E-state index contributed by atoms with van der Waals surface area (Å²) in [6, 6.07) is 6.20. The Kier molecular flexibility index (Phi) is 2.54. The van der Waals surface area contributed by atoms with Gasteiger partial charge in [-0.05, 0) is 24.1 Å². The highest BCUT2D eigenvalue weighted by Crippen LogP contribution is 2.11. The van der Waals surface area contributed by atoms with E-state index in [9.17, 15) is 0 Å². The number of aromatic nitrogens is 2. The van der Waals surface area contributed by atoms with Gasteiger partial charge < -0.3 is 0 Å². The molecule has 1 heterocycles. The molecule has 2 aromatic rings. The zero-order valence-electron chi connectivity index (χ0n) is 7.07. The predicted molar refractivity (Wildman–Crippen MR) is 57.0 cm³/mol. The van der Waals surface area contributed by atoms with E-state index in [4.69, 9.17) is 0 Å². The molecule has 1 aromatic carbocycles. The Balaban J connectivity index is 2.49. The Labute approximate surface area is 85.1 Å². The lowest BCUT2D eigenvalue weighted by Crippen LogP contribution is -1.88. The molecule has 0 N–H and O–H groups in total. The first-order valence-corrected chi connectivity index (χ1v) is 5.28. The summed E-state index contributed by atoms with van der Waals surface area (Å²) in [5, 5.41) is 0.985. The SMILES string of the molecule is BrCCc1ccc2nccnc2c1. The fourth-order valence-corrected chi connectivity index (χ4v) is 1.73. The van der Waals surface area contributed by atoms with Crippen LogP contribution in [0.25, 0.3) is 11.0 Å². The number of halogens is 1. The monoisotopic (exact) mass is 236 g/mol. The summed E-state index contributed by atoms with van der Waals surface area (Å²) in [4.78, 5) is 8.45. The molecule has 2 nitrogen and oxygen atoms in total. The van der Waals surface area contributed by atoms with Crippen LogP contribution in [-0.2, 0) is 6.42 Å². The van der Waals surface area contributed by atoms with Crippen molar-refractivity contribution in [3.63, 3.8) is 0 Å². The Bertz CT molecular complexity index is 414. The van der Waals surface area contributed by atoms with Crippen molar-refractivity contribution in [2.75, 3.05) is 5.33 Å². The minimum absolute atomic E-state index is 0.959. The smallest absolute Gasteiger partial charge is 0.0889 e. The second-order valence-electron chi connectivity index (χ2n) is 2.82. The van der Waals surface area contributed by atoms with E-state index in [1.165, 1.54) is 5.56 Å². The molecule has 0 fully saturated rings. The molecule has 0 unspecified atom stereocenters. The molecule has 0 bridgehead atoms. The minimum Gasteiger partial charge on any atom is -0.253 e. The van der Waals surface area contributed by atoms with Gasteiger partial charge in [0.25, 0.3) is 0 Å². The van der Waals surface area contributed by atoms with E-state index in [0.29, 0.717) is 0 Å². The Morgan fingerprint density at radius 3 is 2.62 bits per heavy atom. The molecule has 0 aliphatic rings. The van der Waals surface area contributed by atoms with Crippen LogP contribution >= 0.6 is 15.9 Å². The fraction of sp³-hybridized carbons (Fsp3) is 0.200. The minimum atomic E-state index is 0.959. The van der Waals surface area contributed by atoms with E-state index in [1.54, 1.807) is 12.4 Å². The van der Waals surface area contributed by atoms with Gasteiger partial charge in [-0.2, -0.15) is 0 Å². The van der Waals surface area contributed by atoms with Gasteiger partial charge in [-0.3, -0.25) is 9.97 Å². The van der Waals surface area contributed by atoms with Crippen LogP contribution in [-0.4, -0.2) is 15.3 Å². The third-order valence-corrected chi connectivity index (χ3v) is 2.31. The zero-order valence-corrected chi connectivity index (χ0v) is 8.66. The quantitative estimate of drug-likeness (QED) is 0.750. The molecule has 3 heteroatoms. The van der Waals surface area contributed by atoms with Crippen molar-refractivity contribution >= 4 is 27.0 Å². The third-order valence-electron chi connectivity index (χ3n) is 1.92.